The summed E-state index contributed by atoms with van der Waals surface area (Å²) in [7, 11) is -4.32. The summed E-state index contributed by atoms with van der Waals surface area (Å²) in [5.41, 5.74) is 0.464. The molecule has 3 rings (SSSR count). The van der Waals surface area contributed by atoms with Crippen LogP contribution in [0.5, 0.6) is 0 Å². The van der Waals surface area contributed by atoms with Crippen LogP contribution in [0, 0.1) is 0 Å². The molecule has 0 spiro atoms. The molecule has 0 radical (unpaired) electrons. The zero-order valence-electron chi connectivity index (χ0n) is 13.2. The molecule has 2 aromatic carbocycles. The average molecular weight is 374 g/mol. The van der Waals surface area contributed by atoms with Crippen molar-refractivity contribution in [3.05, 3.63) is 71.0 Å². The Bertz CT molecular complexity index is 1090. The molecular formula is C16H14N4O5S. The first-order chi connectivity index (χ1) is 12.3. The molecule has 4 N–H and O–H groups in total. The minimum atomic E-state index is -4.32. The second kappa shape index (κ2) is 6.86. The molecule has 26 heavy (non-hydrogen) atoms. The molecule has 0 fully saturated rings. The molecule has 1 aromatic heterocycles. The summed E-state index contributed by atoms with van der Waals surface area (Å²) < 4.78 is 32.2. The van der Waals surface area contributed by atoms with Gasteiger partial charge in [0.15, 0.2) is 0 Å². The van der Waals surface area contributed by atoms with E-state index in [-0.39, 0.29) is 10.7 Å². The Morgan fingerprint density at radius 1 is 1.00 bits per heavy atom. The van der Waals surface area contributed by atoms with Crippen molar-refractivity contribution in [2.45, 2.75) is 4.90 Å². The Balaban J connectivity index is 1.77. The van der Waals surface area contributed by atoms with E-state index < -0.39 is 21.7 Å². The lowest BCUT2D eigenvalue weighted by Crippen LogP contribution is -2.19. The third-order valence-electron chi connectivity index (χ3n) is 3.39. The molecule has 0 aliphatic heterocycles. The molecule has 10 heteroatoms. The number of anilines is 2. The predicted octanol–water partition coefficient (Wildman–Crippen LogP) is 2.06. The van der Waals surface area contributed by atoms with Crippen molar-refractivity contribution < 1.29 is 17.8 Å². The highest BCUT2D eigenvalue weighted by Crippen LogP contribution is 2.13. The Labute approximate surface area is 148 Å². The minimum Gasteiger partial charge on any atom is -0.308 e. The van der Waals surface area contributed by atoms with Crippen LogP contribution in [-0.2, 0) is 10.1 Å². The van der Waals surface area contributed by atoms with E-state index in [4.69, 9.17) is 4.55 Å². The van der Waals surface area contributed by atoms with Crippen molar-refractivity contribution in [1.82, 2.24) is 9.78 Å². The smallest absolute Gasteiger partial charge is 0.308 e. The maximum absolute atomic E-state index is 12.1. The molecule has 0 atom stereocenters. The van der Waals surface area contributed by atoms with Gasteiger partial charge in [0, 0.05) is 11.8 Å². The lowest BCUT2D eigenvalue weighted by molar-refractivity contribution is 0.262. The van der Waals surface area contributed by atoms with Gasteiger partial charge in [-0.2, -0.15) is 8.42 Å². The van der Waals surface area contributed by atoms with Crippen LogP contribution >= 0.6 is 0 Å². The Morgan fingerprint density at radius 2 is 1.65 bits per heavy atom. The van der Waals surface area contributed by atoms with E-state index in [1.54, 1.807) is 24.3 Å². The van der Waals surface area contributed by atoms with E-state index in [1.807, 2.05) is 6.07 Å². The fraction of sp³-hybridized carbons (Fsp3) is 0. The van der Waals surface area contributed by atoms with Crippen LogP contribution in [0.15, 0.2) is 70.4 Å². The molecule has 3 aromatic rings. The molecule has 0 bridgehead atoms. The highest BCUT2D eigenvalue weighted by Gasteiger charge is 2.11. The topological polar surface area (TPSA) is 133 Å². The van der Waals surface area contributed by atoms with Gasteiger partial charge in [0.05, 0.1) is 10.6 Å². The number of aromatic nitrogens is 2. The number of para-hydroxylation sites is 1. The summed E-state index contributed by atoms with van der Waals surface area (Å²) in [6.45, 7) is 0. The monoisotopic (exact) mass is 374 g/mol. The first kappa shape index (κ1) is 17.5. The lowest BCUT2D eigenvalue weighted by Gasteiger charge is -2.06. The normalized spacial score (nSPS) is 11.1. The number of nitrogens with one attached hydrogen (secondary N) is 3. The van der Waals surface area contributed by atoms with Crippen molar-refractivity contribution in [3.8, 4) is 5.69 Å². The van der Waals surface area contributed by atoms with E-state index in [9.17, 15) is 18.0 Å². The fourth-order valence-corrected chi connectivity index (χ4v) is 2.71. The standard InChI is InChI=1S/C16H14N4O5S/c21-15-10-14(18-16(22)17-11-4-2-1-3-5-11)19-20(15)12-6-8-13(9-7-12)26(23,24)25/h1-10,19H,(H2,17,18,22)(H,23,24,25). The summed E-state index contributed by atoms with van der Waals surface area (Å²) in [6, 6.07) is 14.4. The summed E-state index contributed by atoms with van der Waals surface area (Å²) in [4.78, 5) is 23.7. The first-order valence-corrected chi connectivity index (χ1v) is 8.80. The van der Waals surface area contributed by atoms with Gasteiger partial charge >= 0.3 is 6.03 Å². The number of carbonyl (C=O) groups excluding carboxylic acids is 1. The van der Waals surface area contributed by atoms with E-state index in [0.717, 1.165) is 16.8 Å². The Kier molecular flexibility index (Phi) is 4.61. The molecule has 134 valence electrons. The molecule has 2 amide bonds. The van der Waals surface area contributed by atoms with Gasteiger partial charge in [-0.05, 0) is 36.4 Å². The number of aromatic amines is 1. The second-order valence-corrected chi connectivity index (χ2v) is 6.68. The lowest BCUT2D eigenvalue weighted by atomic mass is 10.3. The quantitative estimate of drug-likeness (QED) is 0.519. The number of rotatable bonds is 4. The highest BCUT2D eigenvalue weighted by molar-refractivity contribution is 7.85. The van der Waals surface area contributed by atoms with Gasteiger partial charge in [-0.15, -0.1) is 0 Å². The minimum absolute atomic E-state index is 0.155. The number of carbonyl (C=O) groups is 1. The average Bonchev–Trinajstić information content (AvgIpc) is 2.95. The van der Waals surface area contributed by atoms with E-state index in [0.29, 0.717) is 11.4 Å². The molecule has 0 aliphatic carbocycles. The van der Waals surface area contributed by atoms with E-state index in [1.165, 1.54) is 18.2 Å². The Morgan fingerprint density at radius 3 is 2.27 bits per heavy atom. The van der Waals surface area contributed by atoms with E-state index >= 15 is 0 Å². The van der Waals surface area contributed by atoms with Crippen LogP contribution in [0.25, 0.3) is 5.69 Å². The number of nitrogens with zero attached hydrogens (tertiary/aromatic N) is 1. The zero-order chi connectivity index (χ0) is 18.7. The Hall–Kier alpha value is -3.37. The van der Waals surface area contributed by atoms with Crippen LogP contribution in [0.2, 0.25) is 0 Å². The molecule has 0 saturated carbocycles. The summed E-state index contributed by atoms with van der Waals surface area (Å²) in [6.07, 6.45) is 0. The molecule has 1 heterocycles. The number of amides is 2. The van der Waals surface area contributed by atoms with Crippen LogP contribution in [0.1, 0.15) is 0 Å². The summed E-state index contributed by atoms with van der Waals surface area (Å²) >= 11 is 0. The van der Waals surface area contributed by atoms with Crippen LogP contribution in [0.4, 0.5) is 16.3 Å². The van der Waals surface area contributed by atoms with Gasteiger partial charge in [0.2, 0.25) is 0 Å². The van der Waals surface area contributed by atoms with E-state index in [2.05, 4.69) is 15.7 Å². The highest BCUT2D eigenvalue weighted by atomic mass is 32.2. The molecule has 0 saturated heterocycles. The maximum atomic E-state index is 12.1. The SMILES string of the molecule is O=C(Nc1ccccc1)Nc1cc(=O)n(-c2ccc(S(=O)(=O)O)cc2)[nH]1. The van der Waals surface area contributed by atoms with Crippen molar-refractivity contribution >= 4 is 27.7 Å². The maximum Gasteiger partial charge on any atom is 0.324 e. The van der Waals surface area contributed by atoms with Gasteiger partial charge in [-0.3, -0.25) is 19.8 Å². The fourth-order valence-electron chi connectivity index (χ4n) is 2.22. The predicted molar refractivity (Wildman–Crippen MR) is 95.3 cm³/mol. The van der Waals surface area contributed by atoms with Gasteiger partial charge in [-0.1, -0.05) is 18.2 Å². The molecule has 9 nitrogen and oxygen atoms in total. The number of hydrogen-bond acceptors (Lipinski definition) is 4. The summed E-state index contributed by atoms with van der Waals surface area (Å²) in [5, 5.41) is 7.79. The van der Waals surface area contributed by atoms with Gasteiger partial charge in [0.25, 0.3) is 15.7 Å². The number of urea groups is 1. The zero-order valence-corrected chi connectivity index (χ0v) is 14.0. The van der Waals surface area contributed by atoms with Gasteiger partial charge in [0.1, 0.15) is 5.82 Å². The number of benzene rings is 2. The van der Waals surface area contributed by atoms with Gasteiger partial charge < -0.3 is 5.32 Å². The molecular weight excluding hydrogens is 360 g/mol. The van der Waals surface area contributed by atoms with Gasteiger partial charge in [-0.25, -0.2) is 9.48 Å². The number of hydrogen-bond donors (Lipinski definition) is 4. The van der Waals surface area contributed by atoms with Crippen molar-refractivity contribution in [2.75, 3.05) is 10.6 Å². The second-order valence-electron chi connectivity index (χ2n) is 5.26. The van der Waals surface area contributed by atoms with Crippen molar-refractivity contribution in [3.63, 3.8) is 0 Å². The van der Waals surface area contributed by atoms with Crippen LogP contribution in [-0.4, -0.2) is 28.8 Å². The van der Waals surface area contributed by atoms with Crippen LogP contribution < -0.4 is 16.2 Å². The third kappa shape index (κ3) is 3.99. The van der Waals surface area contributed by atoms with Crippen molar-refractivity contribution in [2.24, 2.45) is 0 Å². The first-order valence-electron chi connectivity index (χ1n) is 7.36. The van der Waals surface area contributed by atoms with Crippen molar-refractivity contribution in [1.29, 1.82) is 0 Å². The number of H-pyrrole nitrogens is 1. The van der Waals surface area contributed by atoms with Crippen LogP contribution in [0.3, 0.4) is 0 Å². The molecule has 0 unspecified atom stereocenters. The molecule has 0 aliphatic rings. The largest absolute Gasteiger partial charge is 0.324 e. The summed E-state index contributed by atoms with van der Waals surface area (Å²) in [5.74, 6) is 0.155. The third-order valence-corrected chi connectivity index (χ3v) is 4.26.